The molecule has 25 heavy (non-hydrogen) atoms. The summed E-state index contributed by atoms with van der Waals surface area (Å²) >= 11 is 1.56. The number of thioether (sulfide) groups is 1. The van der Waals surface area contributed by atoms with Gasteiger partial charge in [0.25, 0.3) is 5.91 Å². The molecule has 1 fully saturated rings. The van der Waals surface area contributed by atoms with Gasteiger partial charge in [-0.25, -0.2) is 4.79 Å². The lowest BCUT2D eigenvalue weighted by Crippen LogP contribution is -2.42. The first-order valence-corrected chi connectivity index (χ1v) is 9.23. The molecule has 128 valence electrons. The molecule has 0 aromatic heterocycles. The first-order chi connectivity index (χ1) is 12.3. The van der Waals surface area contributed by atoms with Gasteiger partial charge in [-0.15, -0.1) is 11.8 Å². The number of hydrogen-bond acceptors (Lipinski definition) is 4. The maximum absolute atomic E-state index is 12.6. The summed E-state index contributed by atoms with van der Waals surface area (Å²) in [6.07, 6.45) is 3.71. The fraction of sp³-hybridized carbons (Fsp3) is 0.200. The molecule has 0 radical (unpaired) electrons. The normalized spacial score (nSPS) is 17.0. The van der Waals surface area contributed by atoms with Crippen LogP contribution in [0.15, 0.2) is 66.7 Å². The highest BCUT2D eigenvalue weighted by Gasteiger charge is 2.36. The highest BCUT2D eigenvalue weighted by molar-refractivity contribution is 7.99. The van der Waals surface area contributed by atoms with Crippen molar-refractivity contribution in [2.75, 3.05) is 18.2 Å². The van der Waals surface area contributed by atoms with Gasteiger partial charge in [0.05, 0.1) is 5.88 Å². The molecule has 2 aromatic carbocycles. The average molecular weight is 353 g/mol. The van der Waals surface area contributed by atoms with Crippen LogP contribution >= 0.6 is 11.8 Å². The van der Waals surface area contributed by atoms with Crippen LogP contribution in [0.1, 0.15) is 15.9 Å². The number of benzene rings is 2. The van der Waals surface area contributed by atoms with E-state index in [4.69, 9.17) is 4.74 Å². The Bertz CT molecular complexity index is 746. The molecule has 1 aliphatic rings. The van der Waals surface area contributed by atoms with E-state index < -0.39 is 6.04 Å². The Morgan fingerprint density at radius 3 is 2.48 bits per heavy atom. The number of rotatable bonds is 5. The summed E-state index contributed by atoms with van der Waals surface area (Å²) in [5.74, 6) is 0.590. The van der Waals surface area contributed by atoms with Gasteiger partial charge < -0.3 is 9.64 Å². The van der Waals surface area contributed by atoms with Gasteiger partial charge >= 0.3 is 5.97 Å². The predicted octanol–water partition coefficient (Wildman–Crippen LogP) is 3.46. The largest absolute Gasteiger partial charge is 0.460 e. The van der Waals surface area contributed by atoms with Gasteiger partial charge in [0.1, 0.15) is 12.6 Å². The molecular weight excluding hydrogens is 334 g/mol. The van der Waals surface area contributed by atoms with Crippen molar-refractivity contribution in [3.05, 3.63) is 77.9 Å². The predicted molar refractivity (Wildman–Crippen MR) is 100 cm³/mol. The topological polar surface area (TPSA) is 46.6 Å². The van der Waals surface area contributed by atoms with Gasteiger partial charge in [0.15, 0.2) is 0 Å². The van der Waals surface area contributed by atoms with Crippen LogP contribution in [0.4, 0.5) is 0 Å². The third-order valence-electron chi connectivity index (χ3n) is 3.87. The zero-order valence-electron chi connectivity index (χ0n) is 13.7. The molecule has 1 aliphatic heterocycles. The van der Waals surface area contributed by atoms with Crippen LogP contribution in [0, 0.1) is 0 Å². The van der Waals surface area contributed by atoms with Gasteiger partial charge in [-0.2, -0.15) is 0 Å². The van der Waals surface area contributed by atoms with E-state index in [9.17, 15) is 9.59 Å². The Labute approximate surface area is 151 Å². The van der Waals surface area contributed by atoms with Gasteiger partial charge in [0, 0.05) is 11.3 Å². The van der Waals surface area contributed by atoms with Crippen LogP contribution in [0.3, 0.4) is 0 Å². The first-order valence-electron chi connectivity index (χ1n) is 8.07. The number of amides is 1. The van der Waals surface area contributed by atoms with Crippen molar-refractivity contribution in [2.45, 2.75) is 6.04 Å². The fourth-order valence-corrected chi connectivity index (χ4v) is 3.70. The second-order valence-electron chi connectivity index (χ2n) is 5.60. The Morgan fingerprint density at radius 1 is 1.08 bits per heavy atom. The van der Waals surface area contributed by atoms with Crippen LogP contribution < -0.4 is 0 Å². The third-order valence-corrected chi connectivity index (χ3v) is 4.88. The van der Waals surface area contributed by atoms with Crippen molar-refractivity contribution in [1.29, 1.82) is 0 Å². The third kappa shape index (κ3) is 4.51. The van der Waals surface area contributed by atoms with Crippen LogP contribution in [0.25, 0.3) is 6.08 Å². The number of ether oxygens (including phenoxy) is 1. The molecule has 4 nitrogen and oxygen atoms in total. The van der Waals surface area contributed by atoms with Crippen LogP contribution in [-0.4, -0.2) is 41.1 Å². The monoisotopic (exact) mass is 353 g/mol. The van der Waals surface area contributed by atoms with Crippen LogP contribution in [0.2, 0.25) is 0 Å². The van der Waals surface area contributed by atoms with E-state index in [-0.39, 0.29) is 18.5 Å². The van der Waals surface area contributed by atoms with Gasteiger partial charge in [-0.3, -0.25) is 4.79 Å². The van der Waals surface area contributed by atoms with E-state index >= 15 is 0 Å². The quantitative estimate of drug-likeness (QED) is 0.773. The van der Waals surface area contributed by atoms with E-state index in [0.29, 0.717) is 17.2 Å². The molecule has 1 amide bonds. The summed E-state index contributed by atoms with van der Waals surface area (Å²) in [7, 11) is 0. The minimum absolute atomic E-state index is 0.132. The van der Waals surface area contributed by atoms with Gasteiger partial charge in [-0.05, 0) is 23.8 Å². The summed E-state index contributed by atoms with van der Waals surface area (Å²) in [5, 5.41) is 0. The molecule has 0 saturated carbocycles. The average Bonchev–Trinajstić information content (AvgIpc) is 3.16. The summed E-state index contributed by atoms with van der Waals surface area (Å²) < 4.78 is 5.33. The van der Waals surface area contributed by atoms with Crippen LogP contribution in [0.5, 0.6) is 0 Å². The minimum atomic E-state index is -0.525. The van der Waals surface area contributed by atoms with E-state index in [2.05, 4.69) is 0 Å². The van der Waals surface area contributed by atoms with Gasteiger partial charge in [0.2, 0.25) is 0 Å². The SMILES string of the molecule is O=C(OCC=Cc1ccccc1)C1CSCN1C(=O)c1ccccc1. The molecule has 1 unspecified atom stereocenters. The number of nitrogens with zero attached hydrogens (tertiary/aromatic N) is 1. The highest BCUT2D eigenvalue weighted by Crippen LogP contribution is 2.24. The van der Waals surface area contributed by atoms with Crippen molar-refractivity contribution in [3.8, 4) is 0 Å². The molecule has 0 spiro atoms. The molecule has 1 saturated heterocycles. The Morgan fingerprint density at radius 2 is 1.76 bits per heavy atom. The minimum Gasteiger partial charge on any atom is -0.460 e. The second kappa shape index (κ2) is 8.53. The van der Waals surface area contributed by atoms with Crippen molar-refractivity contribution >= 4 is 29.7 Å². The Balaban J connectivity index is 1.56. The molecule has 0 bridgehead atoms. The molecular formula is C20H19NO3S. The zero-order valence-corrected chi connectivity index (χ0v) is 14.5. The summed E-state index contributed by atoms with van der Waals surface area (Å²) in [6.45, 7) is 0.197. The maximum Gasteiger partial charge on any atom is 0.330 e. The molecule has 1 heterocycles. The summed E-state index contributed by atoms with van der Waals surface area (Å²) in [4.78, 5) is 26.5. The standard InChI is InChI=1S/C20H19NO3S/c22-19(17-11-5-2-6-12-17)21-15-25-14-18(21)20(23)24-13-7-10-16-8-3-1-4-9-16/h1-12,18H,13-15H2. The van der Waals surface area contributed by atoms with Crippen molar-refractivity contribution in [2.24, 2.45) is 0 Å². The summed E-state index contributed by atoms with van der Waals surface area (Å²) in [6, 6.07) is 18.3. The lowest BCUT2D eigenvalue weighted by molar-refractivity contribution is -0.146. The van der Waals surface area contributed by atoms with E-state index in [1.165, 1.54) is 0 Å². The highest BCUT2D eigenvalue weighted by atomic mass is 32.2. The zero-order chi connectivity index (χ0) is 17.5. The van der Waals surface area contributed by atoms with Gasteiger partial charge in [-0.1, -0.05) is 54.6 Å². The number of hydrogen-bond donors (Lipinski definition) is 0. The fourth-order valence-electron chi connectivity index (χ4n) is 2.56. The lowest BCUT2D eigenvalue weighted by Gasteiger charge is -2.22. The molecule has 3 rings (SSSR count). The molecule has 5 heteroatoms. The Kier molecular flexibility index (Phi) is 5.90. The molecule has 0 N–H and O–H groups in total. The lowest BCUT2D eigenvalue weighted by atomic mass is 10.2. The number of carbonyl (C=O) groups is 2. The number of esters is 1. The Hall–Kier alpha value is -2.53. The van der Waals surface area contributed by atoms with E-state index in [1.807, 2.05) is 54.6 Å². The maximum atomic E-state index is 12.6. The molecule has 1 atom stereocenters. The van der Waals surface area contributed by atoms with Crippen molar-refractivity contribution in [3.63, 3.8) is 0 Å². The van der Waals surface area contributed by atoms with Crippen molar-refractivity contribution < 1.29 is 14.3 Å². The summed E-state index contributed by atoms with van der Waals surface area (Å²) in [5.41, 5.74) is 1.64. The smallest absolute Gasteiger partial charge is 0.330 e. The molecule has 0 aliphatic carbocycles. The van der Waals surface area contributed by atoms with E-state index in [1.54, 1.807) is 34.9 Å². The molecule has 2 aromatic rings. The first kappa shape index (κ1) is 17.3. The van der Waals surface area contributed by atoms with E-state index in [0.717, 1.165) is 5.56 Å². The van der Waals surface area contributed by atoms with Crippen molar-refractivity contribution in [1.82, 2.24) is 4.90 Å². The second-order valence-corrected chi connectivity index (χ2v) is 6.60. The number of carbonyl (C=O) groups excluding carboxylic acids is 2. The van der Waals surface area contributed by atoms with Crippen LogP contribution in [-0.2, 0) is 9.53 Å².